The number of ether oxygens (including phenoxy) is 1. The molecule has 5 heteroatoms. The highest BCUT2D eigenvalue weighted by atomic mass is 16.5. The third-order valence-corrected chi connectivity index (χ3v) is 4.62. The predicted octanol–water partition coefficient (Wildman–Crippen LogP) is 4.74. The standard InChI is InChI=1S/C22H24N2O3/c1-12(2)7-19(25)17-11-24-18-6-5-14(9-16(18)21(17)23)15-8-13(3)22(26)20(10-15)27-4/h5-6,8-12,26H,7H2,1-4H3,(H2,23,24). The lowest BCUT2D eigenvalue weighted by atomic mass is 9.97. The van der Waals surface area contributed by atoms with Crippen LogP contribution in [0.15, 0.2) is 36.5 Å². The Morgan fingerprint density at radius 1 is 1.22 bits per heavy atom. The smallest absolute Gasteiger partial charge is 0.166 e. The number of carbonyl (C=O) groups is 1. The van der Waals surface area contributed by atoms with E-state index in [1.807, 2.05) is 45.0 Å². The minimum absolute atomic E-state index is 0.00412. The van der Waals surface area contributed by atoms with Gasteiger partial charge in [0.2, 0.25) is 0 Å². The first-order chi connectivity index (χ1) is 12.8. The zero-order chi connectivity index (χ0) is 19.7. The molecule has 0 fully saturated rings. The van der Waals surface area contributed by atoms with Crippen LogP contribution in [0.5, 0.6) is 11.5 Å². The van der Waals surface area contributed by atoms with Gasteiger partial charge in [0.1, 0.15) is 0 Å². The van der Waals surface area contributed by atoms with Crippen LogP contribution in [0.4, 0.5) is 5.69 Å². The van der Waals surface area contributed by atoms with Gasteiger partial charge >= 0.3 is 0 Å². The molecule has 3 N–H and O–H groups in total. The van der Waals surface area contributed by atoms with E-state index >= 15 is 0 Å². The molecule has 0 aliphatic carbocycles. The first-order valence-corrected chi connectivity index (χ1v) is 8.91. The van der Waals surface area contributed by atoms with Gasteiger partial charge in [-0.05, 0) is 53.8 Å². The SMILES string of the molecule is COc1cc(-c2ccc3ncc(C(=O)CC(C)C)c(N)c3c2)cc(C)c1O. The summed E-state index contributed by atoms with van der Waals surface area (Å²) in [6, 6.07) is 9.41. The van der Waals surface area contributed by atoms with Gasteiger partial charge in [-0.3, -0.25) is 9.78 Å². The van der Waals surface area contributed by atoms with Crippen molar-refractivity contribution in [3.05, 3.63) is 47.7 Å². The van der Waals surface area contributed by atoms with Gasteiger partial charge in [0.25, 0.3) is 0 Å². The Kier molecular flexibility index (Phi) is 5.04. The van der Waals surface area contributed by atoms with E-state index in [0.29, 0.717) is 23.4 Å². The van der Waals surface area contributed by atoms with E-state index in [4.69, 9.17) is 10.5 Å². The molecular weight excluding hydrogens is 340 g/mol. The fraction of sp³-hybridized carbons (Fsp3) is 0.273. The van der Waals surface area contributed by atoms with Crippen molar-refractivity contribution in [2.45, 2.75) is 27.2 Å². The van der Waals surface area contributed by atoms with Gasteiger partial charge in [-0.25, -0.2) is 0 Å². The van der Waals surface area contributed by atoms with E-state index < -0.39 is 0 Å². The Labute approximate surface area is 158 Å². The van der Waals surface area contributed by atoms with Crippen molar-refractivity contribution in [1.29, 1.82) is 0 Å². The highest BCUT2D eigenvalue weighted by Gasteiger charge is 2.16. The van der Waals surface area contributed by atoms with Crippen molar-refractivity contribution < 1.29 is 14.6 Å². The molecule has 2 aromatic carbocycles. The van der Waals surface area contributed by atoms with Gasteiger partial charge < -0.3 is 15.6 Å². The number of methoxy groups -OCH3 is 1. The molecule has 0 amide bonds. The minimum atomic E-state index is 0.00412. The van der Waals surface area contributed by atoms with E-state index in [1.165, 1.54) is 7.11 Å². The lowest BCUT2D eigenvalue weighted by Gasteiger charge is -2.12. The molecule has 0 aliphatic heterocycles. The number of hydrogen-bond acceptors (Lipinski definition) is 5. The summed E-state index contributed by atoms with van der Waals surface area (Å²) in [7, 11) is 1.52. The van der Waals surface area contributed by atoms with E-state index in [2.05, 4.69) is 4.98 Å². The number of fused-ring (bicyclic) bond motifs is 1. The maximum Gasteiger partial charge on any atom is 0.166 e. The number of hydrogen-bond donors (Lipinski definition) is 2. The number of ketones is 1. The highest BCUT2D eigenvalue weighted by molar-refractivity contribution is 6.07. The molecular formula is C22H24N2O3. The molecule has 140 valence electrons. The molecule has 3 aromatic rings. The lowest BCUT2D eigenvalue weighted by molar-refractivity contribution is 0.0968. The van der Waals surface area contributed by atoms with Crippen LogP contribution < -0.4 is 10.5 Å². The number of nitrogen functional groups attached to an aromatic ring is 1. The molecule has 27 heavy (non-hydrogen) atoms. The van der Waals surface area contributed by atoms with Crippen LogP contribution in [0.3, 0.4) is 0 Å². The van der Waals surface area contributed by atoms with Crippen LogP contribution in [0.1, 0.15) is 36.2 Å². The summed E-state index contributed by atoms with van der Waals surface area (Å²) in [4.78, 5) is 16.9. The third-order valence-electron chi connectivity index (χ3n) is 4.62. The molecule has 0 saturated heterocycles. The predicted molar refractivity (Wildman–Crippen MR) is 108 cm³/mol. The average molecular weight is 364 g/mol. The maximum absolute atomic E-state index is 12.5. The Hall–Kier alpha value is -3.08. The summed E-state index contributed by atoms with van der Waals surface area (Å²) in [5.41, 5.74) is 10.5. The number of phenols is 1. The van der Waals surface area contributed by atoms with Gasteiger partial charge in [-0.1, -0.05) is 19.9 Å². The number of carbonyl (C=O) groups excluding carboxylic acids is 1. The molecule has 0 atom stereocenters. The number of rotatable bonds is 5. The van der Waals surface area contributed by atoms with E-state index in [9.17, 15) is 9.90 Å². The molecule has 1 heterocycles. The topological polar surface area (TPSA) is 85.4 Å². The maximum atomic E-state index is 12.5. The van der Waals surface area contributed by atoms with Gasteiger partial charge in [-0.15, -0.1) is 0 Å². The number of benzene rings is 2. The Morgan fingerprint density at radius 3 is 2.63 bits per heavy atom. The summed E-state index contributed by atoms with van der Waals surface area (Å²) in [5.74, 6) is 0.803. The molecule has 0 bridgehead atoms. The molecule has 0 spiro atoms. The minimum Gasteiger partial charge on any atom is -0.504 e. The Morgan fingerprint density at radius 2 is 1.96 bits per heavy atom. The number of Topliss-reactive ketones (excluding diaryl/α,β-unsaturated/α-hetero) is 1. The lowest BCUT2D eigenvalue weighted by Crippen LogP contribution is -2.08. The second-order valence-electron chi connectivity index (χ2n) is 7.18. The Bertz CT molecular complexity index is 1030. The van der Waals surface area contributed by atoms with Crippen LogP contribution in [-0.2, 0) is 0 Å². The number of aromatic hydroxyl groups is 1. The largest absolute Gasteiger partial charge is 0.504 e. The van der Waals surface area contributed by atoms with Gasteiger partial charge in [0.15, 0.2) is 17.3 Å². The average Bonchev–Trinajstić information content (AvgIpc) is 2.63. The van der Waals surface area contributed by atoms with Gasteiger partial charge in [-0.2, -0.15) is 0 Å². The van der Waals surface area contributed by atoms with Crippen molar-refractivity contribution >= 4 is 22.4 Å². The van der Waals surface area contributed by atoms with Crippen LogP contribution in [-0.4, -0.2) is 23.0 Å². The normalized spacial score (nSPS) is 11.1. The summed E-state index contributed by atoms with van der Waals surface area (Å²) in [5, 5.41) is 10.8. The number of pyridine rings is 1. The van der Waals surface area contributed by atoms with E-state index in [1.54, 1.807) is 12.3 Å². The van der Waals surface area contributed by atoms with Crippen LogP contribution in [0, 0.1) is 12.8 Å². The van der Waals surface area contributed by atoms with Crippen molar-refractivity contribution in [3.63, 3.8) is 0 Å². The number of anilines is 1. The quantitative estimate of drug-likeness (QED) is 0.639. The summed E-state index contributed by atoms with van der Waals surface area (Å²) in [6.07, 6.45) is 2.00. The molecule has 0 unspecified atom stereocenters. The molecule has 1 aromatic heterocycles. The fourth-order valence-electron chi connectivity index (χ4n) is 3.17. The first kappa shape index (κ1) is 18.7. The molecule has 0 saturated carbocycles. The van der Waals surface area contributed by atoms with Gasteiger partial charge in [0.05, 0.1) is 23.9 Å². The highest BCUT2D eigenvalue weighted by Crippen LogP contribution is 2.36. The van der Waals surface area contributed by atoms with Gasteiger partial charge in [0, 0.05) is 18.0 Å². The third kappa shape index (κ3) is 3.58. The van der Waals surface area contributed by atoms with Crippen LogP contribution in [0.25, 0.3) is 22.0 Å². The van der Waals surface area contributed by atoms with Crippen LogP contribution in [0.2, 0.25) is 0 Å². The summed E-state index contributed by atoms with van der Waals surface area (Å²) in [6.45, 7) is 5.82. The van der Waals surface area contributed by atoms with Crippen LogP contribution >= 0.6 is 0 Å². The first-order valence-electron chi connectivity index (χ1n) is 8.91. The number of aromatic nitrogens is 1. The Balaban J connectivity index is 2.13. The second kappa shape index (κ2) is 7.27. The molecule has 5 nitrogen and oxygen atoms in total. The van der Waals surface area contributed by atoms with Crippen molar-refractivity contribution in [2.75, 3.05) is 12.8 Å². The number of nitrogens with two attached hydrogens (primary N) is 1. The van der Waals surface area contributed by atoms with E-state index in [-0.39, 0.29) is 17.5 Å². The molecule has 0 aliphatic rings. The van der Waals surface area contributed by atoms with Crippen molar-refractivity contribution in [1.82, 2.24) is 4.98 Å². The monoisotopic (exact) mass is 364 g/mol. The molecule has 3 rings (SSSR count). The fourth-order valence-corrected chi connectivity index (χ4v) is 3.17. The second-order valence-corrected chi connectivity index (χ2v) is 7.18. The zero-order valence-electron chi connectivity index (χ0n) is 16.0. The summed E-state index contributed by atoms with van der Waals surface area (Å²) < 4.78 is 5.25. The summed E-state index contributed by atoms with van der Waals surface area (Å²) >= 11 is 0. The number of phenolic OH excluding ortho intramolecular Hbond substituents is 1. The zero-order valence-corrected chi connectivity index (χ0v) is 16.0. The van der Waals surface area contributed by atoms with E-state index in [0.717, 1.165) is 27.6 Å². The number of nitrogens with zero attached hydrogens (tertiary/aromatic N) is 1. The van der Waals surface area contributed by atoms with Crippen molar-refractivity contribution in [2.24, 2.45) is 5.92 Å². The number of aryl methyl sites for hydroxylation is 1. The molecule has 0 radical (unpaired) electrons. The van der Waals surface area contributed by atoms with Crippen molar-refractivity contribution in [3.8, 4) is 22.6 Å².